The average Bonchev–Trinajstić information content (AvgIpc) is 3.37. The summed E-state index contributed by atoms with van der Waals surface area (Å²) >= 11 is 1.25. The van der Waals surface area contributed by atoms with Gasteiger partial charge in [0.2, 0.25) is 5.91 Å². The lowest BCUT2D eigenvalue weighted by atomic mass is 9.92. The van der Waals surface area contributed by atoms with E-state index in [0.29, 0.717) is 45.1 Å². The summed E-state index contributed by atoms with van der Waals surface area (Å²) in [5.41, 5.74) is 0.387. The van der Waals surface area contributed by atoms with Crippen LogP contribution in [0.4, 0.5) is 0 Å². The zero-order chi connectivity index (χ0) is 23.7. The van der Waals surface area contributed by atoms with Crippen molar-refractivity contribution in [2.45, 2.75) is 59.5 Å². The summed E-state index contributed by atoms with van der Waals surface area (Å²) in [6.45, 7) is 12.4. The first-order chi connectivity index (χ1) is 15.8. The van der Waals surface area contributed by atoms with Crippen LogP contribution in [0.15, 0.2) is 11.1 Å². The number of amides is 2. The smallest absolute Gasteiger partial charge is 0.262 e. The molecule has 2 aliphatic heterocycles. The van der Waals surface area contributed by atoms with Gasteiger partial charge in [-0.1, -0.05) is 20.8 Å². The minimum absolute atomic E-state index is 0.0213. The van der Waals surface area contributed by atoms with Crippen molar-refractivity contribution in [3.05, 3.63) is 27.1 Å². The summed E-state index contributed by atoms with van der Waals surface area (Å²) in [5.74, 6) is 0.712. The van der Waals surface area contributed by atoms with E-state index in [9.17, 15) is 14.4 Å². The third-order valence-corrected chi connectivity index (χ3v) is 8.25. The molecule has 33 heavy (non-hydrogen) atoms. The van der Waals surface area contributed by atoms with E-state index in [4.69, 9.17) is 0 Å². The second-order valence-electron chi connectivity index (χ2n) is 9.79. The molecule has 1 N–H and O–H groups in total. The Bertz CT molecular complexity index is 1080. The monoisotopic (exact) mass is 473 g/mol. The number of carbonyl (C=O) groups is 2. The van der Waals surface area contributed by atoms with Crippen molar-refractivity contribution >= 4 is 33.4 Å². The maximum atomic E-state index is 13.2. The number of hydrogen-bond donors (Lipinski definition) is 1. The molecule has 4 rings (SSSR count). The van der Waals surface area contributed by atoms with Crippen LogP contribution in [0.25, 0.3) is 10.2 Å². The number of piperidine rings is 1. The first-order valence-corrected chi connectivity index (χ1v) is 12.9. The first-order valence-electron chi connectivity index (χ1n) is 12.1. The van der Waals surface area contributed by atoms with E-state index in [1.165, 1.54) is 22.2 Å². The van der Waals surface area contributed by atoms with Crippen LogP contribution in [0.1, 0.15) is 55.3 Å². The van der Waals surface area contributed by atoms with Gasteiger partial charge in [-0.3, -0.25) is 23.9 Å². The topological polar surface area (TPSA) is 87.5 Å². The molecule has 3 unspecified atom stereocenters. The van der Waals surface area contributed by atoms with Crippen LogP contribution in [0.5, 0.6) is 0 Å². The fourth-order valence-corrected chi connectivity index (χ4v) is 6.49. The lowest BCUT2D eigenvalue weighted by Crippen LogP contribution is -2.44. The Morgan fingerprint density at radius 2 is 1.97 bits per heavy atom. The van der Waals surface area contributed by atoms with Gasteiger partial charge in [-0.05, 0) is 56.7 Å². The molecule has 2 saturated heterocycles. The summed E-state index contributed by atoms with van der Waals surface area (Å²) in [6, 6.07) is 0.371. The van der Waals surface area contributed by atoms with Crippen LogP contribution in [0.2, 0.25) is 0 Å². The van der Waals surface area contributed by atoms with Gasteiger partial charge in [0.25, 0.3) is 11.5 Å². The third-order valence-electron chi connectivity index (χ3n) is 7.05. The number of thiophene rings is 1. The largest absolute Gasteiger partial charge is 0.350 e. The number of fused-ring (bicyclic) bond motifs is 1. The second-order valence-corrected chi connectivity index (χ2v) is 10.8. The minimum Gasteiger partial charge on any atom is -0.350 e. The third kappa shape index (κ3) is 4.99. The number of nitrogens with one attached hydrogen (secondary N) is 1. The number of carbonyl (C=O) groups excluding carboxylic acids is 2. The quantitative estimate of drug-likeness (QED) is 0.697. The molecule has 0 aliphatic carbocycles. The molecule has 8 nitrogen and oxygen atoms in total. The SMILES string of the molecule is CCN1CCCC1CNC(=O)c1sc2ncn(CC(=O)N3CC(C)CC(C)C3)c(=O)c2c1C. The van der Waals surface area contributed by atoms with Gasteiger partial charge in [0.15, 0.2) is 0 Å². The van der Waals surface area contributed by atoms with Crippen molar-refractivity contribution in [1.82, 2.24) is 24.7 Å². The molecular formula is C24H35N5O3S. The Morgan fingerprint density at radius 1 is 1.24 bits per heavy atom. The Balaban J connectivity index is 1.50. The molecule has 0 aromatic carbocycles. The van der Waals surface area contributed by atoms with E-state index in [1.807, 2.05) is 4.90 Å². The molecule has 9 heteroatoms. The van der Waals surface area contributed by atoms with Crippen molar-refractivity contribution < 1.29 is 9.59 Å². The number of likely N-dealkylation sites (N-methyl/N-ethyl adjacent to an activating group) is 1. The van der Waals surface area contributed by atoms with Crippen LogP contribution in [0.3, 0.4) is 0 Å². The van der Waals surface area contributed by atoms with Crippen molar-refractivity contribution in [3.63, 3.8) is 0 Å². The van der Waals surface area contributed by atoms with Crippen LogP contribution in [0, 0.1) is 18.8 Å². The summed E-state index contributed by atoms with van der Waals surface area (Å²) in [5, 5.41) is 3.50. The van der Waals surface area contributed by atoms with E-state index in [0.717, 1.165) is 45.4 Å². The molecule has 2 fully saturated rings. The average molecular weight is 474 g/mol. The van der Waals surface area contributed by atoms with Crippen molar-refractivity contribution in [3.8, 4) is 0 Å². The number of aromatic nitrogens is 2. The molecule has 2 amide bonds. The Kier molecular flexibility index (Phi) is 7.19. The molecule has 180 valence electrons. The van der Waals surface area contributed by atoms with Gasteiger partial charge in [0.05, 0.1) is 16.6 Å². The highest BCUT2D eigenvalue weighted by molar-refractivity contribution is 7.20. The van der Waals surface area contributed by atoms with Crippen LogP contribution in [-0.4, -0.2) is 69.9 Å². The van der Waals surface area contributed by atoms with Gasteiger partial charge in [0, 0.05) is 25.7 Å². The normalized spacial score (nSPS) is 23.9. The molecule has 3 atom stereocenters. The summed E-state index contributed by atoms with van der Waals surface area (Å²) in [6.07, 6.45) is 4.81. The van der Waals surface area contributed by atoms with Crippen LogP contribution >= 0.6 is 11.3 Å². The number of nitrogens with zero attached hydrogens (tertiary/aromatic N) is 4. The van der Waals surface area contributed by atoms with Gasteiger partial charge in [0.1, 0.15) is 11.4 Å². The molecule has 2 aromatic heterocycles. The molecule has 2 aromatic rings. The zero-order valence-electron chi connectivity index (χ0n) is 20.1. The molecule has 2 aliphatic rings. The zero-order valence-corrected chi connectivity index (χ0v) is 20.9. The Hall–Kier alpha value is -2.26. The summed E-state index contributed by atoms with van der Waals surface area (Å²) < 4.78 is 1.38. The molecule has 0 saturated carbocycles. The van der Waals surface area contributed by atoms with E-state index < -0.39 is 0 Å². The second kappa shape index (κ2) is 9.93. The van der Waals surface area contributed by atoms with Gasteiger partial charge < -0.3 is 10.2 Å². The molecular weight excluding hydrogens is 438 g/mol. The van der Waals surface area contributed by atoms with Gasteiger partial charge in [-0.15, -0.1) is 11.3 Å². The predicted octanol–water partition coefficient (Wildman–Crippen LogP) is 2.49. The number of rotatable bonds is 6. The molecule has 0 bridgehead atoms. The summed E-state index contributed by atoms with van der Waals surface area (Å²) in [4.78, 5) is 48.7. The Labute approximate surface area is 199 Å². The van der Waals surface area contributed by atoms with Gasteiger partial charge in [-0.2, -0.15) is 0 Å². The standard InChI is InChI=1S/C24H35N5O3S/c1-5-27-8-6-7-18(27)10-25-22(31)21-17(4)20-23(33-21)26-14-29(24(20)32)13-19(30)28-11-15(2)9-16(3)12-28/h14-16,18H,5-13H2,1-4H3,(H,25,31). The van der Waals surface area contributed by atoms with E-state index >= 15 is 0 Å². The summed E-state index contributed by atoms with van der Waals surface area (Å²) in [7, 11) is 0. The van der Waals surface area contributed by atoms with Crippen LogP contribution < -0.4 is 10.9 Å². The highest BCUT2D eigenvalue weighted by atomic mass is 32.1. The molecule has 4 heterocycles. The van der Waals surface area contributed by atoms with Gasteiger partial charge in [-0.25, -0.2) is 4.98 Å². The van der Waals surface area contributed by atoms with E-state index in [1.54, 1.807) is 6.92 Å². The molecule has 0 spiro atoms. The number of hydrogen-bond acceptors (Lipinski definition) is 6. The van der Waals surface area contributed by atoms with Crippen molar-refractivity contribution in [2.75, 3.05) is 32.7 Å². The van der Waals surface area contributed by atoms with Crippen molar-refractivity contribution in [2.24, 2.45) is 11.8 Å². The van der Waals surface area contributed by atoms with Crippen LogP contribution in [-0.2, 0) is 11.3 Å². The highest BCUT2D eigenvalue weighted by Gasteiger charge is 2.27. The maximum absolute atomic E-state index is 13.2. The van der Waals surface area contributed by atoms with E-state index in [-0.39, 0.29) is 23.9 Å². The molecule has 0 radical (unpaired) electrons. The fourth-order valence-electron chi connectivity index (χ4n) is 5.43. The fraction of sp³-hybridized carbons (Fsp3) is 0.667. The maximum Gasteiger partial charge on any atom is 0.262 e. The van der Waals surface area contributed by atoms with Crippen molar-refractivity contribution in [1.29, 1.82) is 0 Å². The number of aryl methyl sites for hydroxylation is 1. The highest BCUT2D eigenvalue weighted by Crippen LogP contribution is 2.27. The van der Waals surface area contributed by atoms with Gasteiger partial charge >= 0.3 is 0 Å². The lowest BCUT2D eigenvalue weighted by Gasteiger charge is -2.35. The predicted molar refractivity (Wildman–Crippen MR) is 131 cm³/mol. The van der Waals surface area contributed by atoms with E-state index in [2.05, 4.69) is 36.0 Å². The Morgan fingerprint density at radius 3 is 2.67 bits per heavy atom. The lowest BCUT2D eigenvalue weighted by molar-refractivity contribution is -0.134. The minimum atomic E-state index is -0.257. The number of likely N-dealkylation sites (tertiary alicyclic amines) is 2. The first kappa shape index (κ1) is 23.9.